The lowest BCUT2D eigenvalue weighted by molar-refractivity contribution is -0.144. The van der Waals surface area contributed by atoms with E-state index in [2.05, 4.69) is 21.1 Å². The summed E-state index contributed by atoms with van der Waals surface area (Å²) in [7, 11) is 0. The van der Waals surface area contributed by atoms with Crippen LogP contribution in [-0.2, 0) is 24.9 Å². The molecule has 0 radical (unpaired) electrons. The Morgan fingerprint density at radius 1 is 1.17 bits per heavy atom. The highest BCUT2D eigenvalue weighted by atomic mass is 35.5. The first-order valence-corrected chi connectivity index (χ1v) is 15.5. The van der Waals surface area contributed by atoms with Gasteiger partial charge in [-0.3, -0.25) is 15.0 Å². The van der Waals surface area contributed by atoms with Crippen LogP contribution in [0.2, 0.25) is 5.02 Å². The predicted molar refractivity (Wildman–Crippen MR) is 160 cm³/mol. The van der Waals surface area contributed by atoms with Gasteiger partial charge in [0.25, 0.3) is 5.79 Å². The third-order valence-corrected chi connectivity index (χ3v) is 9.36. The fourth-order valence-electron chi connectivity index (χ4n) is 6.40. The number of fused-ring (bicyclic) bond motifs is 1. The molecule has 7 rings (SSSR count). The van der Waals surface area contributed by atoms with Crippen molar-refractivity contribution in [2.24, 2.45) is 5.41 Å². The van der Waals surface area contributed by atoms with Gasteiger partial charge >= 0.3 is 6.18 Å². The van der Waals surface area contributed by atoms with E-state index in [-0.39, 0.29) is 35.1 Å². The molecule has 0 amide bonds. The highest BCUT2D eigenvalue weighted by Crippen LogP contribution is 2.51. The summed E-state index contributed by atoms with van der Waals surface area (Å²) in [6.45, 7) is 2.48. The molecule has 4 aromatic rings. The standard InChI is InChI=1S/C33H28ClF5N6O2/c1-31(23-6-5-20(34)12-24(23)35)46-27-4-2-3-22(28(27)47-31)21-7-10-45(15-25(21)36)16-26-18(13-32(17-40)8-9-32)11-19(14-41-26)29-42-30(44-43-29)33(37,38)39/h2-6,11-12,14,21,25H,7-10,13,15-16H2,1H3,(H,42,43,44)/t21-,25-,31+/m1/s1. The summed E-state index contributed by atoms with van der Waals surface area (Å²) in [6.07, 6.45) is -2.33. The van der Waals surface area contributed by atoms with Crippen LogP contribution in [0.4, 0.5) is 22.0 Å². The molecule has 47 heavy (non-hydrogen) atoms. The molecule has 0 bridgehead atoms. The van der Waals surface area contributed by atoms with Crippen molar-refractivity contribution in [1.29, 1.82) is 5.26 Å². The van der Waals surface area contributed by atoms with Crippen molar-refractivity contribution in [2.75, 3.05) is 13.1 Å². The summed E-state index contributed by atoms with van der Waals surface area (Å²) in [5, 5.41) is 15.6. The van der Waals surface area contributed by atoms with Gasteiger partial charge in [0.2, 0.25) is 5.82 Å². The van der Waals surface area contributed by atoms with E-state index in [1.54, 1.807) is 37.3 Å². The second-order valence-corrected chi connectivity index (χ2v) is 12.9. The number of benzene rings is 2. The quantitative estimate of drug-likeness (QED) is 0.203. The van der Waals surface area contributed by atoms with Gasteiger partial charge in [0, 0.05) is 48.3 Å². The van der Waals surface area contributed by atoms with Gasteiger partial charge in [0.1, 0.15) is 12.0 Å². The second-order valence-electron chi connectivity index (χ2n) is 12.5. The minimum atomic E-state index is -4.68. The lowest BCUT2D eigenvalue weighted by Gasteiger charge is -2.35. The van der Waals surface area contributed by atoms with E-state index < -0.39 is 41.1 Å². The van der Waals surface area contributed by atoms with Gasteiger partial charge in [-0.05, 0) is 68.1 Å². The fraction of sp³-hybridized carbons (Fsp3) is 0.394. The molecule has 3 aliphatic rings. The topological polar surface area (TPSA) is 100.0 Å². The van der Waals surface area contributed by atoms with Crippen LogP contribution in [0, 0.1) is 22.6 Å². The number of ether oxygens (including phenoxy) is 2. The lowest BCUT2D eigenvalue weighted by Crippen LogP contribution is -2.40. The van der Waals surface area contributed by atoms with Gasteiger partial charge in [-0.25, -0.2) is 13.8 Å². The predicted octanol–water partition coefficient (Wildman–Crippen LogP) is 7.50. The summed E-state index contributed by atoms with van der Waals surface area (Å²) >= 11 is 5.93. The number of H-pyrrole nitrogens is 1. The maximum absolute atomic E-state index is 16.0. The number of likely N-dealkylation sites (tertiary alicyclic amines) is 1. The number of aromatic nitrogens is 4. The van der Waals surface area contributed by atoms with Crippen LogP contribution in [0.15, 0.2) is 48.7 Å². The Hall–Kier alpha value is -4.28. The van der Waals surface area contributed by atoms with Crippen molar-refractivity contribution in [3.8, 4) is 29.0 Å². The molecule has 8 nitrogen and oxygen atoms in total. The van der Waals surface area contributed by atoms with Crippen LogP contribution in [-0.4, -0.2) is 44.3 Å². The molecule has 3 atom stereocenters. The minimum Gasteiger partial charge on any atom is -0.444 e. The van der Waals surface area contributed by atoms with Gasteiger partial charge in [-0.15, -0.1) is 0 Å². The maximum atomic E-state index is 16.0. The van der Waals surface area contributed by atoms with E-state index in [1.165, 1.54) is 18.3 Å². The first-order chi connectivity index (χ1) is 22.4. The normalized spacial score (nSPS) is 23.4. The summed E-state index contributed by atoms with van der Waals surface area (Å²) in [4.78, 5) is 10.1. The van der Waals surface area contributed by atoms with Crippen molar-refractivity contribution >= 4 is 11.6 Å². The number of rotatable bonds is 7. The van der Waals surface area contributed by atoms with Crippen LogP contribution >= 0.6 is 11.6 Å². The van der Waals surface area contributed by atoms with Crippen LogP contribution in [0.5, 0.6) is 11.5 Å². The van der Waals surface area contributed by atoms with Crippen molar-refractivity contribution in [3.63, 3.8) is 0 Å². The van der Waals surface area contributed by atoms with E-state index in [9.17, 15) is 22.8 Å². The third kappa shape index (κ3) is 6.00. The Kier molecular flexibility index (Phi) is 7.63. The fourth-order valence-corrected chi connectivity index (χ4v) is 6.56. The van der Waals surface area contributed by atoms with Gasteiger partial charge in [0.05, 0.1) is 22.7 Å². The molecule has 0 unspecified atom stereocenters. The van der Waals surface area contributed by atoms with Gasteiger partial charge in [-0.1, -0.05) is 23.7 Å². The Labute approximate surface area is 271 Å². The van der Waals surface area contributed by atoms with Crippen molar-refractivity contribution in [3.05, 3.63) is 87.7 Å². The van der Waals surface area contributed by atoms with Crippen molar-refractivity contribution < 1.29 is 31.4 Å². The molecule has 2 aromatic carbocycles. The minimum absolute atomic E-state index is 0.0837. The first-order valence-electron chi connectivity index (χ1n) is 15.1. The lowest BCUT2D eigenvalue weighted by atomic mass is 9.87. The van der Waals surface area contributed by atoms with Crippen molar-refractivity contribution in [2.45, 2.75) is 63.2 Å². The molecule has 4 heterocycles. The zero-order valence-electron chi connectivity index (χ0n) is 25.0. The molecule has 2 aliphatic heterocycles. The van der Waals surface area contributed by atoms with E-state index in [0.29, 0.717) is 60.5 Å². The second kappa shape index (κ2) is 11.5. The van der Waals surface area contributed by atoms with E-state index >= 15 is 4.39 Å². The zero-order valence-corrected chi connectivity index (χ0v) is 25.8. The molecule has 1 saturated carbocycles. The number of aromatic amines is 1. The summed E-state index contributed by atoms with van der Waals surface area (Å²) < 4.78 is 82.4. The van der Waals surface area contributed by atoms with Crippen LogP contribution < -0.4 is 9.47 Å². The van der Waals surface area contributed by atoms with Gasteiger partial charge in [-0.2, -0.15) is 23.5 Å². The van der Waals surface area contributed by atoms with Crippen LogP contribution in [0.25, 0.3) is 11.4 Å². The molecule has 244 valence electrons. The number of hydrogen-bond acceptors (Lipinski definition) is 7. The number of piperidine rings is 1. The molecule has 1 N–H and O–H groups in total. The van der Waals surface area contributed by atoms with E-state index in [4.69, 9.17) is 21.1 Å². The number of nitriles is 1. The molecular weight excluding hydrogens is 643 g/mol. The molecule has 0 spiro atoms. The van der Waals surface area contributed by atoms with Crippen molar-refractivity contribution in [1.82, 2.24) is 25.1 Å². The number of nitrogens with zero attached hydrogens (tertiary/aromatic N) is 5. The number of hydrogen-bond donors (Lipinski definition) is 1. The van der Waals surface area contributed by atoms with Crippen LogP contribution in [0.3, 0.4) is 0 Å². The zero-order chi connectivity index (χ0) is 33.1. The monoisotopic (exact) mass is 670 g/mol. The Balaban J connectivity index is 1.09. The highest BCUT2D eigenvalue weighted by molar-refractivity contribution is 6.30. The highest BCUT2D eigenvalue weighted by Gasteiger charge is 2.45. The molecule has 2 fully saturated rings. The number of nitrogens with one attached hydrogen (secondary N) is 1. The molecule has 1 saturated heterocycles. The smallest absolute Gasteiger partial charge is 0.444 e. The Bertz CT molecular complexity index is 1890. The number of halogens is 6. The molecule has 1 aliphatic carbocycles. The number of alkyl halides is 4. The van der Waals surface area contributed by atoms with Gasteiger partial charge in [0.15, 0.2) is 17.3 Å². The maximum Gasteiger partial charge on any atom is 0.451 e. The molecule has 14 heteroatoms. The molecule has 2 aromatic heterocycles. The van der Waals surface area contributed by atoms with E-state index in [0.717, 1.165) is 0 Å². The largest absolute Gasteiger partial charge is 0.451 e. The third-order valence-electron chi connectivity index (χ3n) is 9.12. The van der Waals surface area contributed by atoms with E-state index in [1.807, 2.05) is 10.00 Å². The summed E-state index contributed by atoms with van der Waals surface area (Å²) in [5.41, 5.74) is 1.84. The molecular formula is C33H28ClF5N6O2. The Morgan fingerprint density at radius 3 is 2.66 bits per heavy atom. The number of pyridine rings is 1. The Morgan fingerprint density at radius 2 is 1.98 bits per heavy atom. The van der Waals surface area contributed by atoms with Crippen LogP contribution in [0.1, 0.15) is 60.3 Å². The average molecular weight is 671 g/mol. The summed E-state index contributed by atoms with van der Waals surface area (Å²) in [5.74, 6) is -3.16. The number of para-hydroxylation sites is 1. The SMILES string of the molecule is C[C@]1(c2ccc(Cl)cc2F)Oc2cccc([C@H]3CCN(Cc4ncc(-c5n[nH]c(C(F)(F)F)n5)cc4CC4(C#N)CC4)C[C@H]3F)c2O1. The average Bonchev–Trinajstić information content (AvgIpc) is 3.42. The summed E-state index contributed by atoms with van der Waals surface area (Å²) in [6, 6.07) is 13.5. The van der Waals surface area contributed by atoms with Gasteiger partial charge < -0.3 is 9.47 Å². The first kappa shape index (κ1) is 31.3.